The Bertz CT molecular complexity index is 594. The lowest BCUT2D eigenvalue weighted by Gasteiger charge is -2.14. The van der Waals surface area contributed by atoms with Crippen LogP contribution in [0.5, 0.6) is 5.88 Å². The van der Waals surface area contributed by atoms with Crippen LogP contribution in [0.25, 0.3) is 10.8 Å². The van der Waals surface area contributed by atoms with E-state index in [0.717, 1.165) is 33.4 Å². The van der Waals surface area contributed by atoms with Crippen molar-refractivity contribution >= 4 is 26.7 Å². The number of ether oxygens (including phenoxy) is 1. The number of halogens is 1. The molecule has 1 aromatic heterocycles. The van der Waals surface area contributed by atoms with Crippen molar-refractivity contribution in [2.24, 2.45) is 0 Å². The molecule has 1 fully saturated rings. The highest BCUT2D eigenvalue weighted by molar-refractivity contribution is 9.10. The fourth-order valence-corrected chi connectivity index (χ4v) is 2.94. The van der Waals surface area contributed by atoms with Gasteiger partial charge in [0.1, 0.15) is 6.61 Å². The van der Waals surface area contributed by atoms with Crippen LogP contribution >= 0.6 is 15.9 Å². The SMILES string of the molecule is Cc1nc(OCC2CCCN2)c2ccccc2c1Br. The first-order valence-corrected chi connectivity index (χ1v) is 7.46. The molecule has 1 aromatic carbocycles. The second kappa shape index (κ2) is 5.47. The molecule has 3 nitrogen and oxygen atoms in total. The fourth-order valence-electron chi connectivity index (χ4n) is 2.51. The largest absolute Gasteiger partial charge is 0.476 e. The number of benzene rings is 1. The molecule has 2 aromatic rings. The van der Waals surface area contributed by atoms with Crippen LogP contribution in [-0.2, 0) is 0 Å². The summed E-state index contributed by atoms with van der Waals surface area (Å²) in [7, 11) is 0. The van der Waals surface area contributed by atoms with Gasteiger partial charge in [0.05, 0.1) is 5.69 Å². The summed E-state index contributed by atoms with van der Waals surface area (Å²) in [6, 6.07) is 8.67. The van der Waals surface area contributed by atoms with Gasteiger partial charge in [-0.1, -0.05) is 18.2 Å². The van der Waals surface area contributed by atoms with Crippen molar-refractivity contribution in [1.29, 1.82) is 0 Å². The first kappa shape index (κ1) is 12.9. The van der Waals surface area contributed by atoms with Gasteiger partial charge in [-0.05, 0) is 48.3 Å². The molecule has 1 aliphatic heterocycles. The Labute approximate surface area is 121 Å². The van der Waals surface area contributed by atoms with E-state index < -0.39 is 0 Å². The summed E-state index contributed by atoms with van der Waals surface area (Å²) in [6.45, 7) is 3.79. The lowest BCUT2D eigenvalue weighted by atomic mass is 10.1. The van der Waals surface area contributed by atoms with E-state index in [1.165, 1.54) is 12.8 Å². The first-order valence-electron chi connectivity index (χ1n) is 6.67. The lowest BCUT2D eigenvalue weighted by Crippen LogP contribution is -2.28. The van der Waals surface area contributed by atoms with Crippen LogP contribution in [0.1, 0.15) is 18.5 Å². The van der Waals surface area contributed by atoms with Gasteiger partial charge in [-0.3, -0.25) is 0 Å². The van der Waals surface area contributed by atoms with Crippen molar-refractivity contribution in [2.45, 2.75) is 25.8 Å². The molecule has 1 atom stereocenters. The average molecular weight is 321 g/mol. The van der Waals surface area contributed by atoms with Crippen LogP contribution in [0.3, 0.4) is 0 Å². The Morgan fingerprint density at radius 2 is 2.16 bits per heavy atom. The van der Waals surface area contributed by atoms with Gasteiger partial charge in [0, 0.05) is 21.3 Å². The van der Waals surface area contributed by atoms with Gasteiger partial charge in [-0.25, -0.2) is 4.98 Å². The van der Waals surface area contributed by atoms with E-state index in [9.17, 15) is 0 Å². The summed E-state index contributed by atoms with van der Waals surface area (Å²) in [5.41, 5.74) is 0.966. The van der Waals surface area contributed by atoms with Crippen molar-refractivity contribution in [3.05, 3.63) is 34.4 Å². The third-order valence-electron chi connectivity index (χ3n) is 3.56. The summed E-state index contributed by atoms with van der Waals surface area (Å²) < 4.78 is 6.99. The molecule has 0 aliphatic carbocycles. The zero-order valence-electron chi connectivity index (χ0n) is 10.9. The van der Waals surface area contributed by atoms with E-state index in [0.29, 0.717) is 12.6 Å². The van der Waals surface area contributed by atoms with Crippen molar-refractivity contribution in [1.82, 2.24) is 10.3 Å². The quantitative estimate of drug-likeness (QED) is 0.940. The summed E-state index contributed by atoms with van der Waals surface area (Å²) in [5.74, 6) is 0.741. The molecule has 0 radical (unpaired) electrons. The van der Waals surface area contributed by atoms with Gasteiger partial charge in [0.15, 0.2) is 0 Å². The topological polar surface area (TPSA) is 34.1 Å². The molecule has 1 unspecified atom stereocenters. The van der Waals surface area contributed by atoms with E-state index in [1.54, 1.807) is 0 Å². The van der Waals surface area contributed by atoms with Crippen LogP contribution in [0.15, 0.2) is 28.7 Å². The first-order chi connectivity index (χ1) is 9.25. The highest BCUT2D eigenvalue weighted by Gasteiger charge is 2.16. The van der Waals surface area contributed by atoms with Gasteiger partial charge < -0.3 is 10.1 Å². The van der Waals surface area contributed by atoms with Crippen LogP contribution < -0.4 is 10.1 Å². The maximum Gasteiger partial charge on any atom is 0.221 e. The summed E-state index contributed by atoms with van der Waals surface area (Å²) >= 11 is 3.60. The van der Waals surface area contributed by atoms with Gasteiger partial charge in [0.2, 0.25) is 5.88 Å². The van der Waals surface area contributed by atoms with Gasteiger partial charge >= 0.3 is 0 Å². The number of aryl methyl sites for hydroxylation is 1. The van der Waals surface area contributed by atoms with Gasteiger partial charge in [-0.2, -0.15) is 0 Å². The molecule has 100 valence electrons. The second-order valence-electron chi connectivity index (χ2n) is 4.97. The molecular weight excluding hydrogens is 304 g/mol. The Morgan fingerprint density at radius 3 is 2.89 bits per heavy atom. The molecule has 0 bridgehead atoms. The van der Waals surface area contributed by atoms with E-state index in [2.05, 4.69) is 38.4 Å². The molecule has 1 N–H and O–H groups in total. The Hall–Kier alpha value is -1.13. The predicted molar refractivity (Wildman–Crippen MR) is 80.7 cm³/mol. The number of fused-ring (bicyclic) bond motifs is 1. The molecule has 4 heteroatoms. The van der Waals surface area contributed by atoms with Crippen LogP contribution in [-0.4, -0.2) is 24.2 Å². The second-order valence-corrected chi connectivity index (χ2v) is 5.76. The Morgan fingerprint density at radius 1 is 1.37 bits per heavy atom. The maximum atomic E-state index is 5.94. The maximum absolute atomic E-state index is 5.94. The van der Waals surface area contributed by atoms with E-state index >= 15 is 0 Å². The predicted octanol–water partition coefficient (Wildman–Crippen LogP) is 3.44. The van der Waals surface area contributed by atoms with E-state index in [4.69, 9.17) is 4.74 Å². The average Bonchev–Trinajstić information content (AvgIpc) is 2.95. The zero-order valence-corrected chi connectivity index (χ0v) is 12.5. The highest BCUT2D eigenvalue weighted by atomic mass is 79.9. The Balaban J connectivity index is 1.91. The minimum atomic E-state index is 0.463. The molecule has 0 amide bonds. The van der Waals surface area contributed by atoms with Crippen molar-refractivity contribution in [3.63, 3.8) is 0 Å². The molecule has 19 heavy (non-hydrogen) atoms. The minimum Gasteiger partial charge on any atom is -0.476 e. The third kappa shape index (κ3) is 2.60. The zero-order chi connectivity index (χ0) is 13.2. The van der Waals surface area contributed by atoms with Gasteiger partial charge in [0.25, 0.3) is 0 Å². The van der Waals surface area contributed by atoms with Gasteiger partial charge in [-0.15, -0.1) is 0 Å². The molecule has 3 rings (SSSR count). The number of rotatable bonds is 3. The number of pyridine rings is 1. The molecule has 2 heterocycles. The van der Waals surface area contributed by atoms with Crippen LogP contribution in [0.4, 0.5) is 0 Å². The molecule has 1 aliphatic rings. The summed E-state index contributed by atoms with van der Waals surface area (Å²) in [4.78, 5) is 4.56. The molecule has 1 saturated heterocycles. The standard InChI is InChI=1S/C15H17BrN2O/c1-10-14(16)12-6-2-3-7-13(12)15(18-10)19-9-11-5-4-8-17-11/h2-3,6-7,11,17H,4-5,8-9H2,1H3. The van der Waals surface area contributed by atoms with E-state index in [1.807, 2.05) is 19.1 Å². The van der Waals surface area contributed by atoms with Crippen LogP contribution in [0.2, 0.25) is 0 Å². The molecule has 0 spiro atoms. The normalized spacial score (nSPS) is 18.9. The van der Waals surface area contributed by atoms with E-state index in [-0.39, 0.29) is 0 Å². The minimum absolute atomic E-state index is 0.463. The smallest absolute Gasteiger partial charge is 0.221 e. The number of nitrogens with zero attached hydrogens (tertiary/aromatic N) is 1. The Kier molecular flexibility index (Phi) is 3.71. The molecular formula is C15H17BrN2O. The van der Waals surface area contributed by atoms with Crippen molar-refractivity contribution in [3.8, 4) is 5.88 Å². The fraction of sp³-hybridized carbons (Fsp3) is 0.400. The molecule has 0 saturated carbocycles. The highest BCUT2D eigenvalue weighted by Crippen LogP contribution is 2.32. The summed E-state index contributed by atoms with van der Waals surface area (Å²) in [5, 5.41) is 5.66. The third-order valence-corrected chi connectivity index (χ3v) is 4.57. The summed E-state index contributed by atoms with van der Waals surface area (Å²) in [6.07, 6.45) is 2.43. The monoisotopic (exact) mass is 320 g/mol. The number of hydrogen-bond acceptors (Lipinski definition) is 3. The van der Waals surface area contributed by atoms with Crippen molar-refractivity contribution < 1.29 is 4.74 Å². The van der Waals surface area contributed by atoms with Crippen LogP contribution in [0, 0.1) is 6.92 Å². The lowest BCUT2D eigenvalue weighted by molar-refractivity contribution is 0.270. The number of hydrogen-bond donors (Lipinski definition) is 1. The van der Waals surface area contributed by atoms with Crippen molar-refractivity contribution in [2.75, 3.05) is 13.2 Å². The number of aromatic nitrogens is 1. The number of nitrogens with one attached hydrogen (secondary N) is 1.